The number of hydrogen-bond donors (Lipinski definition) is 1. The molecule has 1 aliphatic rings. The Bertz CT molecular complexity index is 534. The molecule has 1 unspecified atom stereocenters. The molecule has 1 amide bonds. The summed E-state index contributed by atoms with van der Waals surface area (Å²) in [7, 11) is 0. The van der Waals surface area contributed by atoms with Crippen LogP contribution in [0.1, 0.15) is 24.2 Å². The van der Waals surface area contributed by atoms with Gasteiger partial charge in [-0.2, -0.15) is 0 Å². The molecule has 0 bridgehead atoms. The molecule has 114 valence electrons. The molecule has 0 spiro atoms. The van der Waals surface area contributed by atoms with Crippen molar-refractivity contribution in [2.75, 3.05) is 24.7 Å². The first-order valence-electron chi connectivity index (χ1n) is 6.92. The smallest absolute Gasteiger partial charge is 0.245 e. The van der Waals surface area contributed by atoms with E-state index in [0.717, 1.165) is 16.4 Å². The van der Waals surface area contributed by atoms with Crippen molar-refractivity contribution in [3.05, 3.63) is 28.2 Å². The van der Waals surface area contributed by atoms with Gasteiger partial charge in [0, 0.05) is 28.3 Å². The van der Waals surface area contributed by atoms with Crippen molar-refractivity contribution in [1.29, 1.82) is 0 Å². The molecule has 1 heterocycles. The number of morpholine rings is 1. The third-order valence-corrected chi connectivity index (χ3v) is 3.78. The van der Waals surface area contributed by atoms with E-state index in [9.17, 15) is 9.59 Å². The van der Waals surface area contributed by atoms with E-state index in [2.05, 4.69) is 21.2 Å². The lowest BCUT2D eigenvalue weighted by Gasteiger charge is -2.37. The molecule has 5 nitrogen and oxygen atoms in total. The van der Waals surface area contributed by atoms with E-state index < -0.39 is 6.04 Å². The van der Waals surface area contributed by atoms with E-state index in [1.54, 1.807) is 6.07 Å². The van der Waals surface area contributed by atoms with Crippen LogP contribution in [0.2, 0.25) is 0 Å². The van der Waals surface area contributed by atoms with E-state index in [0.29, 0.717) is 25.3 Å². The highest BCUT2D eigenvalue weighted by Crippen LogP contribution is 2.27. The number of halogens is 1. The second-order valence-electron chi connectivity index (χ2n) is 5.27. The largest absolute Gasteiger partial charge is 0.377 e. The number of amides is 1. The Balaban J connectivity index is 2.32. The third-order valence-electron chi connectivity index (χ3n) is 3.29. The highest BCUT2D eigenvalue weighted by molar-refractivity contribution is 9.10. The van der Waals surface area contributed by atoms with Gasteiger partial charge >= 0.3 is 0 Å². The number of nitrogens with one attached hydrogen (secondary N) is 1. The molecule has 1 aromatic carbocycles. The second-order valence-corrected chi connectivity index (χ2v) is 6.18. The molecular formula is C15H19BrN2O3. The summed E-state index contributed by atoms with van der Waals surface area (Å²) in [6.45, 7) is 5.27. The zero-order chi connectivity index (χ0) is 15.4. The van der Waals surface area contributed by atoms with E-state index in [1.165, 1.54) is 0 Å². The Hall–Kier alpha value is -1.40. The maximum Gasteiger partial charge on any atom is 0.245 e. The van der Waals surface area contributed by atoms with Gasteiger partial charge < -0.3 is 15.0 Å². The van der Waals surface area contributed by atoms with Crippen molar-refractivity contribution in [2.45, 2.75) is 25.9 Å². The average molecular weight is 355 g/mol. The van der Waals surface area contributed by atoms with Gasteiger partial charge in [-0.15, -0.1) is 0 Å². The van der Waals surface area contributed by atoms with Crippen molar-refractivity contribution >= 4 is 33.8 Å². The Morgan fingerprint density at radius 1 is 1.52 bits per heavy atom. The molecule has 1 atom stereocenters. The van der Waals surface area contributed by atoms with Crippen molar-refractivity contribution < 1.29 is 14.3 Å². The molecular weight excluding hydrogens is 336 g/mol. The van der Waals surface area contributed by atoms with Crippen LogP contribution in [-0.4, -0.2) is 44.0 Å². The third kappa shape index (κ3) is 3.83. The summed E-state index contributed by atoms with van der Waals surface area (Å²) in [5.74, 6) is -0.0819. The zero-order valence-corrected chi connectivity index (χ0v) is 13.7. The fraction of sp³-hybridized carbons (Fsp3) is 0.467. The summed E-state index contributed by atoms with van der Waals surface area (Å²) in [5, 5.41) is 2.90. The Labute approximate surface area is 132 Å². The minimum Gasteiger partial charge on any atom is -0.377 e. The first kappa shape index (κ1) is 16.0. The number of ether oxygens (including phenoxy) is 1. The van der Waals surface area contributed by atoms with E-state index in [-0.39, 0.29) is 11.9 Å². The lowest BCUT2D eigenvalue weighted by Crippen LogP contribution is -2.55. The SMILES string of the molecule is CC(C)NC(=O)C1COCCN1c1cc(Br)ccc1C=O. The number of carbonyl (C=O) groups is 2. The summed E-state index contributed by atoms with van der Waals surface area (Å²) in [6.07, 6.45) is 0.814. The number of carbonyl (C=O) groups excluding carboxylic acids is 2. The van der Waals surface area contributed by atoms with Crippen LogP contribution in [0.15, 0.2) is 22.7 Å². The highest BCUT2D eigenvalue weighted by Gasteiger charge is 2.31. The van der Waals surface area contributed by atoms with E-state index >= 15 is 0 Å². The summed E-state index contributed by atoms with van der Waals surface area (Å²) < 4.78 is 6.31. The lowest BCUT2D eigenvalue weighted by atomic mass is 10.1. The van der Waals surface area contributed by atoms with Gasteiger partial charge in [0.25, 0.3) is 0 Å². The fourth-order valence-corrected chi connectivity index (χ4v) is 2.70. The number of anilines is 1. The molecule has 1 aromatic rings. The van der Waals surface area contributed by atoms with E-state index in [4.69, 9.17) is 4.74 Å². The number of benzene rings is 1. The van der Waals surface area contributed by atoms with Crippen molar-refractivity contribution in [2.24, 2.45) is 0 Å². The van der Waals surface area contributed by atoms with Gasteiger partial charge in [0.15, 0.2) is 6.29 Å². The monoisotopic (exact) mass is 354 g/mol. The standard InChI is InChI=1S/C15H19BrN2O3/c1-10(2)17-15(20)14-9-21-6-5-18(14)13-7-12(16)4-3-11(13)8-19/h3-4,7-8,10,14H,5-6,9H2,1-2H3,(H,17,20). The first-order chi connectivity index (χ1) is 10.0. The zero-order valence-electron chi connectivity index (χ0n) is 12.1. The Morgan fingerprint density at radius 3 is 2.95 bits per heavy atom. The normalized spacial score (nSPS) is 18.7. The van der Waals surface area contributed by atoms with Crippen LogP contribution in [0.4, 0.5) is 5.69 Å². The molecule has 1 fully saturated rings. The van der Waals surface area contributed by atoms with Gasteiger partial charge in [-0.1, -0.05) is 15.9 Å². The molecule has 0 radical (unpaired) electrons. The number of rotatable bonds is 4. The Kier molecular flexibility index (Phi) is 5.36. The van der Waals surface area contributed by atoms with Gasteiger partial charge in [-0.3, -0.25) is 9.59 Å². The molecule has 6 heteroatoms. The molecule has 1 saturated heterocycles. The number of nitrogens with zero attached hydrogens (tertiary/aromatic N) is 1. The maximum absolute atomic E-state index is 12.3. The van der Waals surface area contributed by atoms with Crippen LogP contribution in [0.25, 0.3) is 0 Å². The van der Waals surface area contributed by atoms with Gasteiger partial charge in [0.05, 0.1) is 13.2 Å². The minimum atomic E-state index is -0.422. The van der Waals surface area contributed by atoms with Crippen LogP contribution in [0.5, 0.6) is 0 Å². The molecule has 0 aromatic heterocycles. The van der Waals surface area contributed by atoms with Gasteiger partial charge in [-0.25, -0.2) is 0 Å². The van der Waals surface area contributed by atoms with Gasteiger partial charge in [0.2, 0.25) is 5.91 Å². The summed E-state index contributed by atoms with van der Waals surface area (Å²) >= 11 is 3.41. The van der Waals surface area contributed by atoms with Crippen molar-refractivity contribution in [3.63, 3.8) is 0 Å². The summed E-state index contributed by atoms with van der Waals surface area (Å²) in [4.78, 5) is 25.5. The quantitative estimate of drug-likeness (QED) is 0.840. The summed E-state index contributed by atoms with van der Waals surface area (Å²) in [6, 6.07) is 5.07. The maximum atomic E-state index is 12.3. The molecule has 0 saturated carbocycles. The predicted octanol–water partition coefficient (Wildman–Crippen LogP) is 1.99. The lowest BCUT2D eigenvalue weighted by molar-refractivity contribution is -0.125. The molecule has 0 aliphatic carbocycles. The Morgan fingerprint density at radius 2 is 2.29 bits per heavy atom. The predicted molar refractivity (Wildman–Crippen MR) is 84.8 cm³/mol. The van der Waals surface area contributed by atoms with Crippen LogP contribution in [-0.2, 0) is 9.53 Å². The molecule has 1 aliphatic heterocycles. The van der Waals surface area contributed by atoms with E-state index in [1.807, 2.05) is 30.9 Å². The van der Waals surface area contributed by atoms with Crippen molar-refractivity contribution in [3.8, 4) is 0 Å². The van der Waals surface area contributed by atoms with Crippen LogP contribution >= 0.6 is 15.9 Å². The van der Waals surface area contributed by atoms with Crippen LogP contribution in [0.3, 0.4) is 0 Å². The minimum absolute atomic E-state index is 0.0642. The average Bonchev–Trinajstić information content (AvgIpc) is 2.46. The van der Waals surface area contributed by atoms with Gasteiger partial charge in [0.1, 0.15) is 6.04 Å². The summed E-state index contributed by atoms with van der Waals surface area (Å²) in [5.41, 5.74) is 1.33. The van der Waals surface area contributed by atoms with Crippen molar-refractivity contribution in [1.82, 2.24) is 5.32 Å². The molecule has 1 N–H and O–H groups in total. The molecule has 2 rings (SSSR count). The fourth-order valence-electron chi connectivity index (χ4n) is 2.36. The van der Waals surface area contributed by atoms with Gasteiger partial charge in [-0.05, 0) is 32.0 Å². The van der Waals surface area contributed by atoms with Crippen LogP contribution in [0, 0.1) is 0 Å². The second kappa shape index (κ2) is 7.04. The van der Waals surface area contributed by atoms with Crippen LogP contribution < -0.4 is 10.2 Å². The highest BCUT2D eigenvalue weighted by atomic mass is 79.9. The molecule has 21 heavy (non-hydrogen) atoms. The number of hydrogen-bond acceptors (Lipinski definition) is 4. The topological polar surface area (TPSA) is 58.6 Å². The number of aldehydes is 1. The first-order valence-corrected chi connectivity index (χ1v) is 7.71.